The highest BCUT2D eigenvalue weighted by molar-refractivity contribution is 6.05. The molecule has 0 radical (unpaired) electrons. The molecule has 3 rings (SSSR count). The van der Waals surface area contributed by atoms with Gasteiger partial charge < -0.3 is 10.2 Å². The molecular formula is C18H16F2N2O2. The Balaban J connectivity index is 1.84. The number of carbonyl (C=O) groups is 2. The maximum atomic E-state index is 13.7. The Hall–Kier alpha value is -2.76. The fourth-order valence-electron chi connectivity index (χ4n) is 2.86. The van der Waals surface area contributed by atoms with E-state index < -0.39 is 17.5 Å². The highest BCUT2D eigenvalue weighted by Gasteiger charge is 2.23. The van der Waals surface area contributed by atoms with Crippen LogP contribution >= 0.6 is 0 Å². The normalized spacial score (nSPS) is 13.6. The molecule has 2 aromatic rings. The van der Waals surface area contributed by atoms with Crippen LogP contribution in [0.3, 0.4) is 0 Å². The molecule has 2 amide bonds. The minimum Gasteiger partial charge on any atom is -0.322 e. The number of halogens is 2. The number of fused-ring (bicyclic) bond motifs is 1. The van der Waals surface area contributed by atoms with E-state index in [9.17, 15) is 18.4 Å². The fraction of sp³-hybridized carbons (Fsp3) is 0.222. The topological polar surface area (TPSA) is 49.4 Å². The molecule has 1 N–H and O–H groups in total. The van der Waals surface area contributed by atoms with E-state index in [1.54, 1.807) is 23.1 Å². The molecule has 0 spiro atoms. The van der Waals surface area contributed by atoms with E-state index in [1.165, 1.54) is 0 Å². The van der Waals surface area contributed by atoms with Crippen LogP contribution in [-0.2, 0) is 11.2 Å². The number of hydrogen-bond acceptors (Lipinski definition) is 2. The van der Waals surface area contributed by atoms with Crippen molar-refractivity contribution in [2.45, 2.75) is 19.8 Å². The van der Waals surface area contributed by atoms with Crippen molar-refractivity contribution in [3.05, 3.63) is 59.2 Å². The Labute approximate surface area is 138 Å². The number of nitrogens with one attached hydrogen (secondary N) is 1. The van der Waals surface area contributed by atoms with Crippen LogP contribution in [-0.4, -0.2) is 18.4 Å². The molecule has 0 atom stereocenters. The maximum absolute atomic E-state index is 13.7. The summed E-state index contributed by atoms with van der Waals surface area (Å²) in [6, 6.07) is 8.04. The minimum absolute atomic E-state index is 0.0789. The first-order valence-electron chi connectivity index (χ1n) is 7.69. The predicted molar refractivity (Wildman–Crippen MR) is 87.1 cm³/mol. The number of aryl methyl sites for hydroxylation is 1. The number of carbonyl (C=O) groups excluding carboxylic acids is 2. The van der Waals surface area contributed by atoms with Crippen LogP contribution in [0.1, 0.15) is 29.3 Å². The van der Waals surface area contributed by atoms with Crippen LogP contribution in [0.15, 0.2) is 36.4 Å². The largest absolute Gasteiger partial charge is 0.322 e. The molecular weight excluding hydrogens is 314 g/mol. The Kier molecular flexibility index (Phi) is 4.29. The second-order valence-electron chi connectivity index (χ2n) is 5.56. The maximum Gasteiger partial charge on any atom is 0.258 e. The lowest BCUT2D eigenvalue weighted by molar-refractivity contribution is -0.118. The minimum atomic E-state index is -0.909. The summed E-state index contributed by atoms with van der Waals surface area (Å²) in [6.07, 6.45) is 1.02. The molecule has 0 saturated carbocycles. The average Bonchev–Trinajstić information content (AvgIpc) is 2.54. The van der Waals surface area contributed by atoms with Crippen molar-refractivity contribution in [2.75, 3.05) is 16.8 Å². The lowest BCUT2D eigenvalue weighted by Gasteiger charge is -2.28. The van der Waals surface area contributed by atoms with E-state index in [2.05, 4.69) is 5.32 Å². The van der Waals surface area contributed by atoms with Gasteiger partial charge in [0, 0.05) is 30.4 Å². The smallest absolute Gasteiger partial charge is 0.258 e. The summed E-state index contributed by atoms with van der Waals surface area (Å²) in [5.41, 5.74) is 2.07. The van der Waals surface area contributed by atoms with Gasteiger partial charge in [-0.2, -0.15) is 0 Å². The predicted octanol–water partition coefficient (Wildman–Crippen LogP) is 3.52. The summed E-state index contributed by atoms with van der Waals surface area (Å²) in [4.78, 5) is 25.7. The number of anilines is 2. The van der Waals surface area contributed by atoms with Crippen LogP contribution in [0.2, 0.25) is 0 Å². The standard InChI is InChI=1S/C18H16F2N2O2/c1-2-22-16-7-5-13(9-11(16)3-8-17(22)23)21-18(24)14-6-4-12(19)10-15(14)20/h4-7,9-10H,2-3,8H2,1H3,(H,21,24). The van der Waals surface area contributed by atoms with E-state index in [4.69, 9.17) is 0 Å². The third-order valence-corrected chi connectivity index (χ3v) is 4.03. The molecule has 2 aromatic carbocycles. The van der Waals surface area contributed by atoms with Gasteiger partial charge in [0.15, 0.2) is 0 Å². The molecule has 24 heavy (non-hydrogen) atoms. The monoisotopic (exact) mass is 330 g/mol. The first kappa shape index (κ1) is 16.1. The number of amides is 2. The quantitative estimate of drug-likeness (QED) is 0.936. The van der Waals surface area contributed by atoms with E-state index >= 15 is 0 Å². The first-order chi connectivity index (χ1) is 11.5. The third kappa shape index (κ3) is 2.99. The zero-order chi connectivity index (χ0) is 17.3. The summed E-state index contributed by atoms with van der Waals surface area (Å²) < 4.78 is 26.6. The Morgan fingerprint density at radius 3 is 2.67 bits per heavy atom. The van der Waals surface area contributed by atoms with Gasteiger partial charge in [0.1, 0.15) is 11.6 Å². The molecule has 0 aliphatic carbocycles. The molecule has 0 bridgehead atoms. The van der Waals surface area contributed by atoms with Crippen LogP contribution in [0.4, 0.5) is 20.2 Å². The lowest BCUT2D eigenvalue weighted by Crippen LogP contribution is -2.34. The Bertz CT molecular complexity index is 821. The molecule has 6 heteroatoms. The van der Waals surface area contributed by atoms with Crippen LogP contribution in [0, 0.1) is 11.6 Å². The number of nitrogens with zero attached hydrogens (tertiary/aromatic N) is 1. The molecule has 0 aromatic heterocycles. The zero-order valence-corrected chi connectivity index (χ0v) is 13.1. The fourth-order valence-corrected chi connectivity index (χ4v) is 2.86. The Morgan fingerprint density at radius 2 is 1.96 bits per heavy atom. The highest BCUT2D eigenvalue weighted by atomic mass is 19.1. The SMILES string of the molecule is CCN1C(=O)CCc2cc(NC(=O)c3ccc(F)cc3F)ccc21. The highest BCUT2D eigenvalue weighted by Crippen LogP contribution is 2.30. The summed E-state index contributed by atoms with van der Waals surface area (Å²) in [5, 5.41) is 2.61. The van der Waals surface area contributed by atoms with Crippen molar-refractivity contribution in [3.63, 3.8) is 0 Å². The molecule has 1 aliphatic heterocycles. The van der Waals surface area contributed by atoms with Gasteiger partial charge in [-0.25, -0.2) is 8.78 Å². The van der Waals surface area contributed by atoms with Gasteiger partial charge >= 0.3 is 0 Å². The summed E-state index contributed by atoms with van der Waals surface area (Å²) in [7, 11) is 0. The first-order valence-corrected chi connectivity index (χ1v) is 7.69. The van der Waals surface area contributed by atoms with Gasteiger partial charge in [-0.15, -0.1) is 0 Å². The van der Waals surface area contributed by atoms with Crippen molar-refractivity contribution >= 4 is 23.2 Å². The zero-order valence-electron chi connectivity index (χ0n) is 13.1. The number of benzene rings is 2. The van der Waals surface area contributed by atoms with Crippen LogP contribution in [0.25, 0.3) is 0 Å². The molecule has 0 saturated heterocycles. The molecule has 0 unspecified atom stereocenters. The van der Waals surface area contributed by atoms with E-state index in [1.807, 2.05) is 6.92 Å². The van der Waals surface area contributed by atoms with Gasteiger partial charge in [0.2, 0.25) is 5.91 Å². The molecule has 124 valence electrons. The second-order valence-corrected chi connectivity index (χ2v) is 5.56. The second kappa shape index (κ2) is 6.39. The van der Waals surface area contributed by atoms with Crippen molar-refractivity contribution in [1.82, 2.24) is 0 Å². The summed E-state index contributed by atoms with van der Waals surface area (Å²) in [5.74, 6) is -2.21. The molecule has 1 aliphatic rings. The van der Waals surface area contributed by atoms with Crippen molar-refractivity contribution in [3.8, 4) is 0 Å². The summed E-state index contributed by atoms with van der Waals surface area (Å²) >= 11 is 0. The lowest BCUT2D eigenvalue weighted by atomic mass is 10.0. The number of rotatable bonds is 3. The summed E-state index contributed by atoms with van der Waals surface area (Å²) in [6.45, 7) is 2.48. The van der Waals surface area contributed by atoms with Crippen molar-refractivity contribution in [1.29, 1.82) is 0 Å². The van der Waals surface area contributed by atoms with Crippen molar-refractivity contribution in [2.24, 2.45) is 0 Å². The van der Waals surface area contributed by atoms with E-state index in [0.717, 1.165) is 23.4 Å². The van der Waals surface area contributed by atoms with Gasteiger partial charge in [0.25, 0.3) is 5.91 Å². The van der Waals surface area contributed by atoms with Crippen LogP contribution in [0.5, 0.6) is 0 Å². The van der Waals surface area contributed by atoms with Crippen LogP contribution < -0.4 is 10.2 Å². The molecule has 4 nitrogen and oxygen atoms in total. The van der Waals surface area contributed by atoms with Gasteiger partial charge in [-0.05, 0) is 49.2 Å². The third-order valence-electron chi connectivity index (χ3n) is 4.03. The average molecular weight is 330 g/mol. The van der Waals surface area contributed by atoms with Gasteiger partial charge in [0.05, 0.1) is 5.56 Å². The molecule has 1 heterocycles. The Morgan fingerprint density at radius 1 is 1.17 bits per heavy atom. The van der Waals surface area contributed by atoms with E-state index in [0.29, 0.717) is 31.1 Å². The van der Waals surface area contributed by atoms with Gasteiger partial charge in [-0.3, -0.25) is 9.59 Å². The van der Waals surface area contributed by atoms with Gasteiger partial charge in [-0.1, -0.05) is 0 Å². The van der Waals surface area contributed by atoms with E-state index in [-0.39, 0.29) is 11.5 Å². The van der Waals surface area contributed by atoms with Crippen molar-refractivity contribution < 1.29 is 18.4 Å². The number of hydrogen-bond donors (Lipinski definition) is 1. The molecule has 0 fully saturated rings.